The molecule has 1 aromatic rings. The third kappa shape index (κ3) is 4.53. The van der Waals surface area contributed by atoms with Crippen LogP contribution in [0, 0.1) is 11.3 Å². The minimum absolute atomic E-state index is 0.109. The number of nitrogens with one attached hydrogen (secondary N) is 1. The lowest BCUT2D eigenvalue weighted by Gasteiger charge is -2.11. The summed E-state index contributed by atoms with van der Waals surface area (Å²) in [4.78, 5) is 11.3. The molecule has 1 amide bonds. The number of rotatable bonds is 5. The van der Waals surface area contributed by atoms with Crippen molar-refractivity contribution >= 4 is 5.91 Å². The predicted octanol–water partition coefficient (Wildman–Crippen LogP) is 0.434. The summed E-state index contributed by atoms with van der Waals surface area (Å²) in [7, 11) is 0. The fraction of sp³-hybridized carbons (Fsp3) is 0.333. The van der Waals surface area contributed by atoms with E-state index in [1.807, 2.05) is 6.07 Å². The summed E-state index contributed by atoms with van der Waals surface area (Å²) in [5.41, 5.74) is 0.538. The molecular formula is C12H14N2O3. The number of benzene rings is 1. The molecule has 0 bridgehead atoms. The number of hydrogen-bond acceptors (Lipinski definition) is 4. The van der Waals surface area contributed by atoms with Crippen molar-refractivity contribution in [3.8, 4) is 11.8 Å². The van der Waals surface area contributed by atoms with Crippen molar-refractivity contribution in [3.63, 3.8) is 0 Å². The maximum absolute atomic E-state index is 11.3. The highest BCUT2D eigenvalue weighted by atomic mass is 16.5. The molecule has 0 saturated heterocycles. The van der Waals surface area contributed by atoms with Crippen molar-refractivity contribution < 1.29 is 14.6 Å². The molecule has 0 aromatic heterocycles. The standard InChI is InChI=1S/C12H14N2O3/c1-9(7-15)14-12(16)8-17-11-4-2-10(6-13)3-5-11/h2-5,9,15H,7-8H2,1H3,(H,14,16). The molecule has 1 aromatic carbocycles. The molecule has 0 aliphatic carbocycles. The van der Waals surface area contributed by atoms with Crippen molar-refractivity contribution in [2.24, 2.45) is 0 Å². The van der Waals surface area contributed by atoms with Gasteiger partial charge >= 0.3 is 0 Å². The van der Waals surface area contributed by atoms with Crippen LogP contribution in [0.5, 0.6) is 5.75 Å². The highest BCUT2D eigenvalue weighted by Gasteiger charge is 2.06. The van der Waals surface area contributed by atoms with Crippen LogP contribution < -0.4 is 10.1 Å². The van der Waals surface area contributed by atoms with E-state index < -0.39 is 0 Å². The Morgan fingerprint density at radius 2 is 2.18 bits per heavy atom. The Morgan fingerprint density at radius 3 is 2.71 bits per heavy atom. The van der Waals surface area contributed by atoms with Crippen LogP contribution in [-0.2, 0) is 4.79 Å². The average molecular weight is 234 g/mol. The lowest BCUT2D eigenvalue weighted by molar-refractivity contribution is -0.123. The van der Waals surface area contributed by atoms with Crippen molar-refractivity contribution in [3.05, 3.63) is 29.8 Å². The van der Waals surface area contributed by atoms with E-state index in [2.05, 4.69) is 5.32 Å². The van der Waals surface area contributed by atoms with Gasteiger partial charge in [-0.05, 0) is 31.2 Å². The Labute approximate surface area is 99.6 Å². The molecule has 0 radical (unpaired) electrons. The summed E-state index contributed by atoms with van der Waals surface area (Å²) in [5, 5.41) is 19.9. The fourth-order valence-electron chi connectivity index (χ4n) is 1.14. The lowest BCUT2D eigenvalue weighted by Crippen LogP contribution is -2.38. The first-order valence-corrected chi connectivity index (χ1v) is 5.19. The van der Waals surface area contributed by atoms with E-state index in [1.54, 1.807) is 31.2 Å². The van der Waals surface area contributed by atoms with E-state index >= 15 is 0 Å². The minimum atomic E-state index is -0.295. The molecule has 1 unspecified atom stereocenters. The number of ether oxygens (including phenoxy) is 1. The first-order chi connectivity index (χ1) is 8.15. The van der Waals surface area contributed by atoms with Crippen LogP contribution in [0.2, 0.25) is 0 Å². The van der Waals surface area contributed by atoms with E-state index in [0.29, 0.717) is 11.3 Å². The maximum Gasteiger partial charge on any atom is 0.258 e. The molecule has 0 heterocycles. The van der Waals surface area contributed by atoms with E-state index in [-0.39, 0.29) is 25.2 Å². The van der Waals surface area contributed by atoms with Crippen LogP contribution in [0.3, 0.4) is 0 Å². The molecular weight excluding hydrogens is 220 g/mol. The highest BCUT2D eigenvalue weighted by molar-refractivity contribution is 5.77. The first kappa shape index (κ1) is 13.0. The number of aliphatic hydroxyl groups is 1. The average Bonchev–Trinajstić information content (AvgIpc) is 2.36. The third-order valence-electron chi connectivity index (χ3n) is 2.03. The molecule has 5 nitrogen and oxygen atoms in total. The number of nitriles is 1. The topological polar surface area (TPSA) is 82.3 Å². The summed E-state index contributed by atoms with van der Waals surface area (Å²) in [5.74, 6) is 0.228. The highest BCUT2D eigenvalue weighted by Crippen LogP contribution is 2.11. The smallest absolute Gasteiger partial charge is 0.258 e. The Balaban J connectivity index is 2.40. The quantitative estimate of drug-likeness (QED) is 0.774. The van der Waals surface area contributed by atoms with Crippen LogP contribution in [0.25, 0.3) is 0 Å². The molecule has 1 atom stereocenters. The molecule has 1 rings (SSSR count). The van der Waals surface area contributed by atoms with Gasteiger partial charge in [-0.15, -0.1) is 0 Å². The van der Waals surface area contributed by atoms with Gasteiger partial charge in [0.1, 0.15) is 5.75 Å². The van der Waals surface area contributed by atoms with E-state index in [0.717, 1.165) is 0 Å². The zero-order valence-corrected chi connectivity index (χ0v) is 9.51. The summed E-state index contributed by atoms with van der Waals surface area (Å²) in [6, 6.07) is 8.19. The van der Waals surface area contributed by atoms with Gasteiger partial charge in [-0.3, -0.25) is 4.79 Å². The summed E-state index contributed by atoms with van der Waals surface area (Å²) < 4.78 is 5.21. The van der Waals surface area contributed by atoms with E-state index in [4.69, 9.17) is 15.1 Å². The van der Waals surface area contributed by atoms with Crippen LogP contribution in [0.15, 0.2) is 24.3 Å². The third-order valence-corrected chi connectivity index (χ3v) is 2.03. The monoisotopic (exact) mass is 234 g/mol. The predicted molar refractivity (Wildman–Crippen MR) is 61.3 cm³/mol. The number of carbonyl (C=O) groups excluding carboxylic acids is 1. The van der Waals surface area contributed by atoms with Gasteiger partial charge in [0.2, 0.25) is 0 Å². The summed E-state index contributed by atoms with van der Waals surface area (Å²) in [6.45, 7) is 1.47. The van der Waals surface area contributed by atoms with Gasteiger partial charge in [-0.25, -0.2) is 0 Å². The van der Waals surface area contributed by atoms with Gasteiger partial charge in [0, 0.05) is 6.04 Å². The second kappa shape index (κ2) is 6.51. The van der Waals surface area contributed by atoms with E-state index in [9.17, 15) is 4.79 Å². The van der Waals surface area contributed by atoms with Crippen LogP contribution in [0.4, 0.5) is 0 Å². The molecule has 0 saturated carbocycles. The second-order valence-corrected chi connectivity index (χ2v) is 3.58. The number of nitrogens with zero attached hydrogens (tertiary/aromatic N) is 1. The van der Waals surface area contributed by atoms with Gasteiger partial charge in [-0.2, -0.15) is 5.26 Å². The molecule has 0 aliphatic heterocycles. The van der Waals surface area contributed by atoms with E-state index in [1.165, 1.54) is 0 Å². The Kier molecular flexibility index (Phi) is 4.98. The summed E-state index contributed by atoms with van der Waals surface area (Å²) in [6.07, 6.45) is 0. The van der Waals surface area contributed by atoms with Gasteiger partial charge in [0.15, 0.2) is 6.61 Å². The van der Waals surface area contributed by atoms with Crippen molar-refractivity contribution in [1.82, 2.24) is 5.32 Å². The van der Waals surface area contributed by atoms with Crippen LogP contribution >= 0.6 is 0 Å². The summed E-state index contributed by atoms with van der Waals surface area (Å²) >= 11 is 0. The molecule has 17 heavy (non-hydrogen) atoms. The number of amides is 1. The van der Waals surface area contributed by atoms with Gasteiger partial charge in [0.25, 0.3) is 5.91 Å². The van der Waals surface area contributed by atoms with Crippen LogP contribution in [0.1, 0.15) is 12.5 Å². The van der Waals surface area contributed by atoms with Gasteiger partial charge < -0.3 is 15.2 Å². The van der Waals surface area contributed by atoms with Crippen LogP contribution in [-0.4, -0.2) is 30.3 Å². The Hall–Kier alpha value is -2.06. The zero-order valence-electron chi connectivity index (χ0n) is 9.51. The minimum Gasteiger partial charge on any atom is -0.484 e. The van der Waals surface area contributed by atoms with Crippen molar-refractivity contribution in [2.45, 2.75) is 13.0 Å². The van der Waals surface area contributed by atoms with Crippen molar-refractivity contribution in [2.75, 3.05) is 13.2 Å². The molecule has 0 aliphatic rings. The molecule has 90 valence electrons. The molecule has 5 heteroatoms. The molecule has 0 spiro atoms. The number of carbonyl (C=O) groups is 1. The fourth-order valence-corrected chi connectivity index (χ4v) is 1.14. The maximum atomic E-state index is 11.3. The van der Waals surface area contributed by atoms with Gasteiger partial charge in [-0.1, -0.05) is 0 Å². The number of aliphatic hydroxyl groups excluding tert-OH is 1. The van der Waals surface area contributed by atoms with Gasteiger partial charge in [0.05, 0.1) is 18.2 Å². The van der Waals surface area contributed by atoms with Crippen molar-refractivity contribution in [1.29, 1.82) is 5.26 Å². The zero-order chi connectivity index (χ0) is 12.7. The normalized spacial score (nSPS) is 11.4. The first-order valence-electron chi connectivity index (χ1n) is 5.19. The largest absolute Gasteiger partial charge is 0.484 e. The lowest BCUT2D eigenvalue weighted by atomic mass is 10.2. The SMILES string of the molecule is CC(CO)NC(=O)COc1ccc(C#N)cc1. The Morgan fingerprint density at radius 1 is 1.53 bits per heavy atom. The molecule has 2 N–H and O–H groups in total. The Bertz CT molecular complexity index is 409. The number of hydrogen-bond donors (Lipinski definition) is 2. The molecule has 0 fully saturated rings. The second-order valence-electron chi connectivity index (χ2n) is 3.58.